The zero-order valence-corrected chi connectivity index (χ0v) is 9.54. The van der Waals surface area contributed by atoms with Gasteiger partial charge in [0.05, 0.1) is 6.04 Å². The first kappa shape index (κ1) is 10.5. The Balaban J connectivity index is 2.02. The van der Waals surface area contributed by atoms with E-state index in [1.165, 1.54) is 0 Å². The van der Waals surface area contributed by atoms with Gasteiger partial charge in [0.2, 0.25) is 5.91 Å². The summed E-state index contributed by atoms with van der Waals surface area (Å²) in [6.07, 6.45) is 4.83. The monoisotopic (exact) mass is 229 g/mol. The van der Waals surface area contributed by atoms with Crippen molar-refractivity contribution >= 4 is 5.91 Å². The van der Waals surface area contributed by atoms with Crippen LogP contribution < -0.4 is 0 Å². The molecule has 3 heteroatoms. The van der Waals surface area contributed by atoms with Crippen LogP contribution in [0.4, 0.5) is 0 Å². The lowest BCUT2D eigenvalue weighted by molar-refractivity contribution is -0.147. The van der Waals surface area contributed by atoms with Gasteiger partial charge in [-0.05, 0) is 12.0 Å². The first-order valence-electron chi connectivity index (χ1n) is 5.96. The maximum atomic E-state index is 11.8. The number of aliphatic hydroxyl groups is 1. The molecule has 1 aromatic carbocycles. The van der Waals surface area contributed by atoms with Gasteiger partial charge in [-0.2, -0.15) is 0 Å². The lowest BCUT2D eigenvalue weighted by Gasteiger charge is -2.43. The highest BCUT2D eigenvalue weighted by molar-refractivity contribution is 5.79. The molecule has 17 heavy (non-hydrogen) atoms. The van der Waals surface area contributed by atoms with Crippen LogP contribution in [0.15, 0.2) is 42.5 Å². The van der Waals surface area contributed by atoms with Crippen molar-refractivity contribution < 1.29 is 9.90 Å². The number of amides is 1. The highest BCUT2D eigenvalue weighted by Gasteiger charge is 2.47. The van der Waals surface area contributed by atoms with Crippen molar-refractivity contribution in [1.82, 2.24) is 4.90 Å². The minimum absolute atomic E-state index is 0.139. The summed E-state index contributed by atoms with van der Waals surface area (Å²) in [6.45, 7) is 0.624. The van der Waals surface area contributed by atoms with Gasteiger partial charge in [0.25, 0.3) is 0 Å². The summed E-state index contributed by atoms with van der Waals surface area (Å²) in [5, 5.41) is 10.9. The van der Waals surface area contributed by atoms with Crippen LogP contribution in [0.2, 0.25) is 0 Å². The number of nitrogens with zero attached hydrogens (tertiary/aromatic N) is 1. The predicted molar refractivity (Wildman–Crippen MR) is 64.2 cm³/mol. The minimum atomic E-state index is -0.928. The number of piperidine rings is 1. The van der Waals surface area contributed by atoms with Crippen molar-refractivity contribution in [3.63, 3.8) is 0 Å². The van der Waals surface area contributed by atoms with Gasteiger partial charge in [-0.1, -0.05) is 42.5 Å². The van der Waals surface area contributed by atoms with E-state index in [1.54, 1.807) is 4.90 Å². The van der Waals surface area contributed by atoms with Gasteiger partial charge in [-0.15, -0.1) is 0 Å². The van der Waals surface area contributed by atoms with Crippen molar-refractivity contribution in [2.24, 2.45) is 0 Å². The summed E-state index contributed by atoms with van der Waals surface area (Å²) in [4.78, 5) is 13.5. The summed E-state index contributed by atoms with van der Waals surface area (Å²) in [5.74, 6) is 0.139. The molecule has 2 aliphatic rings. The Morgan fingerprint density at radius 1 is 1.29 bits per heavy atom. The highest BCUT2D eigenvalue weighted by Crippen LogP contribution is 2.39. The van der Waals surface area contributed by atoms with E-state index in [4.69, 9.17) is 0 Å². The zero-order valence-electron chi connectivity index (χ0n) is 9.54. The van der Waals surface area contributed by atoms with Crippen molar-refractivity contribution in [2.75, 3.05) is 6.54 Å². The van der Waals surface area contributed by atoms with Crippen LogP contribution in [0.3, 0.4) is 0 Å². The molecule has 1 amide bonds. The molecule has 3 rings (SSSR count). The van der Waals surface area contributed by atoms with Crippen LogP contribution in [0, 0.1) is 0 Å². The molecule has 1 fully saturated rings. The van der Waals surface area contributed by atoms with Gasteiger partial charge in [-0.3, -0.25) is 4.79 Å². The van der Waals surface area contributed by atoms with Gasteiger partial charge in [0.15, 0.2) is 0 Å². The number of carbonyl (C=O) groups is 1. The predicted octanol–water partition coefficient (Wildman–Crippen LogP) is 1.44. The lowest BCUT2D eigenvalue weighted by atomic mass is 9.79. The second-order valence-electron chi connectivity index (χ2n) is 4.71. The largest absolute Gasteiger partial charge is 0.383 e. The Morgan fingerprint density at radius 3 is 2.82 bits per heavy atom. The molecular weight excluding hydrogens is 214 g/mol. The van der Waals surface area contributed by atoms with Crippen molar-refractivity contribution in [3.8, 4) is 0 Å². The third-order valence-corrected chi connectivity index (χ3v) is 3.76. The summed E-state index contributed by atoms with van der Waals surface area (Å²) >= 11 is 0. The topological polar surface area (TPSA) is 40.5 Å². The zero-order chi connectivity index (χ0) is 11.9. The molecule has 2 heterocycles. The number of hydrogen-bond acceptors (Lipinski definition) is 2. The number of fused-ring (bicyclic) bond motifs is 1. The second-order valence-corrected chi connectivity index (χ2v) is 4.71. The van der Waals surface area contributed by atoms with Crippen molar-refractivity contribution in [3.05, 3.63) is 48.0 Å². The average Bonchev–Trinajstić information content (AvgIpc) is 2.86. The summed E-state index contributed by atoms with van der Waals surface area (Å²) in [5.41, 5.74) is -0.0311. The van der Waals surface area contributed by atoms with Crippen LogP contribution in [-0.2, 0) is 10.4 Å². The van der Waals surface area contributed by atoms with Crippen molar-refractivity contribution in [2.45, 2.75) is 24.5 Å². The Kier molecular flexibility index (Phi) is 2.30. The van der Waals surface area contributed by atoms with Gasteiger partial charge < -0.3 is 10.0 Å². The van der Waals surface area contributed by atoms with E-state index in [1.807, 2.05) is 42.5 Å². The van der Waals surface area contributed by atoms with Gasteiger partial charge >= 0.3 is 0 Å². The van der Waals surface area contributed by atoms with Crippen LogP contribution >= 0.6 is 0 Å². The number of hydrogen-bond donors (Lipinski definition) is 1. The first-order valence-corrected chi connectivity index (χ1v) is 5.96. The highest BCUT2D eigenvalue weighted by atomic mass is 16.3. The van der Waals surface area contributed by atoms with Crippen molar-refractivity contribution in [1.29, 1.82) is 0 Å². The quantitative estimate of drug-likeness (QED) is 0.740. The van der Waals surface area contributed by atoms with Crippen LogP contribution in [0.1, 0.15) is 18.4 Å². The SMILES string of the molecule is O=C1CC[C@@](O)(c2ccccc2)[C@H]2C=CCN12. The lowest BCUT2D eigenvalue weighted by Crippen LogP contribution is -2.54. The minimum Gasteiger partial charge on any atom is -0.383 e. The maximum Gasteiger partial charge on any atom is 0.223 e. The molecule has 1 saturated heterocycles. The van der Waals surface area contributed by atoms with Crippen LogP contribution in [-0.4, -0.2) is 28.5 Å². The van der Waals surface area contributed by atoms with Gasteiger partial charge in [0, 0.05) is 13.0 Å². The molecule has 0 unspecified atom stereocenters. The summed E-state index contributed by atoms with van der Waals surface area (Å²) < 4.78 is 0. The second kappa shape index (κ2) is 3.70. The van der Waals surface area contributed by atoms with E-state index in [-0.39, 0.29) is 11.9 Å². The van der Waals surface area contributed by atoms with Crippen LogP contribution in [0.25, 0.3) is 0 Å². The standard InChI is InChI=1S/C14H15NO2/c16-13-8-9-14(17,11-5-2-1-3-6-11)12-7-4-10-15(12)13/h1-7,12,17H,8-10H2/t12-,14-/m1/s1. The fourth-order valence-corrected chi connectivity index (χ4v) is 2.83. The maximum absolute atomic E-state index is 11.8. The Labute approximate surface area is 100 Å². The first-order chi connectivity index (χ1) is 8.22. The number of benzene rings is 1. The van der Waals surface area contributed by atoms with Gasteiger partial charge in [-0.25, -0.2) is 0 Å². The molecule has 2 atom stereocenters. The van der Waals surface area contributed by atoms with E-state index in [0.29, 0.717) is 19.4 Å². The van der Waals surface area contributed by atoms with E-state index in [0.717, 1.165) is 5.56 Å². The van der Waals surface area contributed by atoms with E-state index in [9.17, 15) is 9.90 Å². The molecule has 0 bridgehead atoms. The Morgan fingerprint density at radius 2 is 2.06 bits per heavy atom. The average molecular weight is 229 g/mol. The fourth-order valence-electron chi connectivity index (χ4n) is 2.83. The summed E-state index contributed by atoms with van der Waals surface area (Å²) in [6, 6.07) is 9.44. The molecular formula is C14H15NO2. The fraction of sp³-hybridized carbons (Fsp3) is 0.357. The van der Waals surface area contributed by atoms with E-state index in [2.05, 4.69) is 0 Å². The molecule has 0 saturated carbocycles. The third-order valence-electron chi connectivity index (χ3n) is 3.76. The van der Waals surface area contributed by atoms with Crippen LogP contribution in [0.5, 0.6) is 0 Å². The van der Waals surface area contributed by atoms with Gasteiger partial charge in [0.1, 0.15) is 5.60 Å². The normalized spacial score (nSPS) is 31.7. The molecule has 2 aliphatic heterocycles. The molecule has 0 aromatic heterocycles. The molecule has 0 spiro atoms. The molecule has 3 nitrogen and oxygen atoms in total. The molecule has 88 valence electrons. The van der Waals surface area contributed by atoms with E-state index >= 15 is 0 Å². The number of carbonyl (C=O) groups excluding carboxylic acids is 1. The Bertz CT molecular complexity index is 468. The number of rotatable bonds is 1. The van der Waals surface area contributed by atoms with E-state index < -0.39 is 5.60 Å². The molecule has 0 radical (unpaired) electrons. The molecule has 0 aliphatic carbocycles. The Hall–Kier alpha value is -1.61. The molecule has 1 N–H and O–H groups in total. The summed E-state index contributed by atoms with van der Waals surface area (Å²) in [7, 11) is 0. The third kappa shape index (κ3) is 1.50. The smallest absolute Gasteiger partial charge is 0.223 e. The molecule has 1 aromatic rings.